The molecule has 1 heterocycles. The van der Waals surface area contributed by atoms with Crippen molar-refractivity contribution in [2.24, 2.45) is 0 Å². The smallest absolute Gasteiger partial charge is 0.188 e. The Morgan fingerprint density at radius 2 is 2.23 bits per heavy atom. The van der Waals surface area contributed by atoms with Crippen molar-refractivity contribution in [3.63, 3.8) is 0 Å². The van der Waals surface area contributed by atoms with Crippen LogP contribution in [0.2, 0.25) is 0 Å². The Hall–Kier alpha value is -1.59. The van der Waals surface area contributed by atoms with Crippen LogP contribution in [0.15, 0.2) is 18.2 Å². The van der Waals surface area contributed by atoms with E-state index in [1.807, 2.05) is 12.1 Å². The van der Waals surface area contributed by atoms with Gasteiger partial charge in [0.2, 0.25) is 0 Å². The molecule has 2 rings (SSSR count). The summed E-state index contributed by atoms with van der Waals surface area (Å²) in [6.45, 7) is 0.674. The maximum absolute atomic E-state index is 11.4. The first-order valence-electron chi connectivity index (χ1n) is 4.02. The van der Waals surface area contributed by atoms with Crippen LogP contribution in [0.1, 0.15) is 21.5 Å². The molecule has 0 aliphatic carbocycles. The van der Waals surface area contributed by atoms with Gasteiger partial charge in [0.1, 0.15) is 6.61 Å². The average molecular weight is 172 g/mol. The average Bonchev–Trinajstić information content (AvgIpc) is 2.18. The van der Waals surface area contributed by atoms with E-state index in [0.29, 0.717) is 12.2 Å². The lowest BCUT2D eigenvalue weighted by molar-refractivity contribution is 0.0665. The van der Waals surface area contributed by atoms with Crippen LogP contribution < -0.4 is 0 Å². The Morgan fingerprint density at radius 3 is 3.00 bits per heavy atom. The van der Waals surface area contributed by atoms with Crippen LogP contribution in [0, 0.1) is 12.3 Å². The third-order valence-corrected chi connectivity index (χ3v) is 2.07. The first-order valence-corrected chi connectivity index (χ1v) is 4.02. The first-order chi connectivity index (χ1) is 6.31. The van der Waals surface area contributed by atoms with Gasteiger partial charge in [-0.1, -0.05) is 12.0 Å². The van der Waals surface area contributed by atoms with Gasteiger partial charge in [-0.15, -0.1) is 6.42 Å². The minimum Gasteiger partial charge on any atom is -0.369 e. The van der Waals surface area contributed by atoms with E-state index in [4.69, 9.17) is 11.2 Å². The highest BCUT2D eigenvalue weighted by Crippen LogP contribution is 2.17. The van der Waals surface area contributed by atoms with Gasteiger partial charge in [-0.05, 0) is 17.7 Å². The maximum atomic E-state index is 11.4. The molecule has 1 aromatic carbocycles. The van der Waals surface area contributed by atoms with Gasteiger partial charge in [0.25, 0.3) is 0 Å². The molecule has 0 saturated heterocycles. The highest BCUT2D eigenvalue weighted by atomic mass is 16.5. The second kappa shape index (κ2) is 3.04. The van der Waals surface area contributed by atoms with Gasteiger partial charge in [0.05, 0.1) is 6.61 Å². The topological polar surface area (TPSA) is 26.3 Å². The van der Waals surface area contributed by atoms with Gasteiger partial charge in [-0.2, -0.15) is 0 Å². The number of Topliss-reactive ketones (excluding diaryl/α,β-unsaturated/α-hetero) is 1. The molecule has 13 heavy (non-hydrogen) atoms. The third kappa shape index (κ3) is 1.34. The summed E-state index contributed by atoms with van der Waals surface area (Å²) in [5.74, 6) is 2.52. The summed E-state index contributed by atoms with van der Waals surface area (Å²) in [5, 5.41) is 0. The number of hydrogen-bond acceptors (Lipinski definition) is 2. The summed E-state index contributed by atoms with van der Waals surface area (Å²) >= 11 is 0. The maximum Gasteiger partial charge on any atom is 0.188 e. The van der Waals surface area contributed by atoms with Gasteiger partial charge in [-0.25, -0.2) is 0 Å². The molecule has 1 aliphatic heterocycles. The molecule has 0 N–H and O–H groups in total. The molecule has 2 nitrogen and oxygen atoms in total. The molecule has 2 heteroatoms. The number of fused-ring (bicyclic) bond motifs is 1. The Morgan fingerprint density at radius 1 is 1.38 bits per heavy atom. The van der Waals surface area contributed by atoms with Gasteiger partial charge >= 0.3 is 0 Å². The van der Waals surface area contributed by atoms with Crippen LogP contribution in [-0.2, 0) is 11.3 Å². The largest absolute Gasteiger partial charge is 0.369 e. The van der Waals surface area contributed by atoms with Gasteiger partial charge < -0.3 is 4.74 Å². The lowest BCUT2D eigenvalue weighted by Crippen LogP contribution is -2.18. The van der Waals surface area contributed by atoms with Crippen LogP contribution in [0.5, 0.6) is 0 Å². The SMILES string of the molecule is C#Cc1ccc2c(c1)C(=O)COC2. The number of terminal acetylenes is 1. The fraction of sp³-hybridized carbons (Fsp3) is 0.182. The number of hydrogen-bond donors (Lipinski definition) is 0. The molecule has 0 spiro atoms. The number of benzene rings is 1. The van der Waals surface area contributed by atoms with E-state index >= 15 is 0 Å². The molecule has 64 valence electrons. The van der Waals surface area contributed by atoms with E-state index in [0.717, 1.165) is 11.1 Å². The predicted molar refractivity (Wildman–Crippen MR) is 48.4 cm³/mol. The lowest BCUT2D eigenvalue weighted by atomic mass is 10.00. The van der Waals surface area contributed by atoms with E-state index in [1.54, 1.807) is 6.07 Å². The minimum absolute atomic E-state index is 0.0124. The molecule has 0 fully saturated rings. The number of ether oxygens (including phenoxy) is 1. The van der Waals surface area contributed by atoms with Gasteiger partial charge in [-0.3, -0.25) is 4.79 Å². The molecule has 1 aliphatic rings. The summed E-state index contributed by atoms with van der Waals surface area (Å²) in [4.78, 5) is 11.4. The van der Waals surface area contributed by atoms with Crippen molar-refractivity contribution in [3.05, 3.63) is 34.9 Å². The molecule has 0 bridgehead atoms. The molecule has 0 aromatic heterocycles. The highest BCUT2D eigenvalue weighted by molar-refractivity contribution is 5.99. The molecule has 0 unspecified atom stereocenters. The fourth-order valence-corrected chi connectivity index (χ4v) is 1.38. The van der Waals surface area contributed by atoms with Gasteiger partial charge in [0.15, 0.2) is 5.78 Å². The minimum atomic E-state index is 0.0124. The Kier molecular flexibility index (Phi) is 1.88. The summed E-state index contributed by atoms with van der Waals surface area (Å²) in [6, 6.07) is 5.42. The van der Waals surface area contributed by atoms with Crippen molar-refractivity contribution in [1.82, 2.24) is 0 Å². The standard InChI is InChI=1S/C11H8O2/c1-2-8-3-4-9-6-13-7-11(12)10(9)5-8/h1,3-5H,6-7H2. The van der Waals surface area contributed by atoms with E-state index < -0.39 is 0 Å². The zero-order chi connectivity index (χ0) is 9.26. The van der Waals surface area contributed by atoms with Crippen LogP contribution in [0.4, 0.5) is 0 Å². The van der Waals surface area contributed by atoms with E-state index in [-0.39, 0.29) is 12.4 Å². The summed E-state index contributed by atoms with van der Waals surface area (Å²) in [5.41, 5.74) is 2.38. The Bertz CT molecular complexity index is 399. The van der Waals surface area contributed by atoms with Crippen molar-refractivity contribution in [3.8, 4) is 12.3 Å². The predicted octanol–water partition coefficient (Wildman–Crippen LogP) is 1.38. The molecule has 0 atom stereocenters. The third-order valence-electron chi connectivity index (χ3n) is 2.07. The molecule has 0 amide bonds. The van der Waals surface area contributed by atoms with Crippen molar-refractivity contribution in [2.75, 3.05) is 6.61 Å². The van der Waals surface area contributed by atoms with Crippen molar-refractivity contribution in [1.29, 1.82) is 0 Å². The number of carbonyl (C=O) groups excluding carboxylic acids is 1. The zero-order valence-electron chi connectivity index (χ0n) is 7.04. The highest BCUT2D eigenvalue weighted by Gasteiger charge is 2.17. The second-order valence-electron chi connectivity index (χ2n) is 2.93. The summed E-state index contributed by atoms with van der Waals surface area (Å²) in [6.07, 6.45) is 5.24. The quantitative estimate of drug-likeness (QED) is 0.552. The normalized spacial score (nSPS) is 14.8. The number of carbonyl (C=O) groups is 1. The Balaban J connectivity index is 2.55. The molecule has 0 saturated carbocycles. The second-order valence-corrected chi connectivity index (χ2v) is 2.93. The molecular weight excluding hydrogens is 164 g/mol. The van der Waals surface area contributed by atoms with Crippen LogP contribution in [0.25, 0.3) is 0 Å². The van der Waals surface area contributed by atoms with Crippen molar-refractivity contribution < 1.29 is 9.53 Å². The lowest BCUT2D eigenvalue weighted by Gasteiger charge is -2.14. The molecule has 1 aromatic rings. The molecule has 0 radical (unpaired) electrons. The summed E-state index contributed by atoms with van der Waals surface area (Å²) in [7, 11) is 0. The van der Waals surface area contributed by atoms with E-state index in [1.165, 1.54) is 0 Å². The van der Waals surface area contributed by atoms with Gasteiger partial charge in [0, 0.05) is 11.1 Å². The van der Waals surface area contributed by atoms with Crippen molar-refractivity contribution in [2.45, 2.75) is 6.61 Å². The van der Waals surface area contributed by atoms with E-state index in [9.17, 15) is 4.79 Å². The zero-order valence-corrected chi connectivity index (χ0v) is 7.04. The molecular formula is C11H8O2. The van der Waals surface area contributed by atoms with E-state index in [2.05, 4.69) is 5.92 Å². The fourth-order valence-electron chi connectivity index (χ4n) is 1.38. The Labute approximate surface area is 76.5 Å². The summed E-state index contributed by atoms with van der Waals surface area (Å²) < 4.78 is 5.08. The first kappa shape index (κ1) is 8.03. The number of ketones is 1. The van der Waals surface area contributed by atoms with Crippen LogP contribution >= 0.6 is 0 Å². The van der Waals surface area contributed by atoms with Crippen molar-refractivity contribution >= 4 is 5.78 Å². The monoisotopic (exact) mass is 172 g/mol. The van der Waals surface area contributed by atoms with Crippen LogP contribution in [-0.4, -0.2) is 12.4 Å². The number of rotatable bonds is 0. The van der Waals surface area contributed by atoms with Crippen LogP contribution in [0.3, 0.4) is 0 Å².